The molecule has 128 valence electrons. The zero-order chi connectivity index (χ0) is 17.7. The molecule has 2 N–H and O–H groups in total. The highest BCUT2D eigenvalue weighted by Gasteiger charge is 2.18. The number of amides is 2. The summed E-state index contributed by atoms with van der Waals surface area (Å²) in [5.74, 6) is -0.468. The molecule has 0 fully saturated rings. The average molecular weight is 366 g/mol. The van der Waals surface area contributed by atoms with E-state index in [1.807, 2.05) is 31.6 Å². The van der Waals surface area contributed by atoms with Crippen LogP contribution in [-0.2, 0) is 4.79 Å². The summed E-state index contributed by atoms with van der Waals surface area (Å²) in [5, 5.41) is 7.93. The predicted octanol–water partition coefficient (Wildman–Crippen LogP) is 3.39. The Morgan fingerprint density at radius 1 is 1.29 bits per heavy atom. The van der Waals surface area contributed by atoms with Gasteiger partial charge < -0.3 is 15.5 Å². The summed E-state index contributed by atoms with van der Waals surface area (Å²) in [7, 11) is 3.95. The quantitative estimate of drug-likeness (QED) is 0.824. The number of halogens is 1. The molecule has 1 aromatic carbocycles. The molecular weight excluding hydrogens is 346 g/mol. The number of nitrogens with one attached hydrogen (secondary N) is 2. The summed E-state index contributed by atoms with van der Waals surface area (Å²) in [6.45, 7) is 1.88. The predicted molar refractivity (Wildman–Crippen MR) is 98.8 cm³/mol. The van der Waals surface area contributed by atoms with Crippen molar-refractivity contribution >= 4 is 40.4 Å². The van der Waals surface area contributed by atoms with Gasteiger partial charge in [0.15, 0.2) is 0 Å². The number of rotatable bonds is 6. The van der Waals surface area contributed by atoms with E-state index in [2.05, 4.69) is 15.5 Å². The molecule has 7 heteroatoms. The summed E-state index contributed by atoms with van der Waals surface area (Å²) >= 11 is 7.78. The third-order valence-corrected chi connectivity index (χ3v) is 4.79. The standard InChI is InChI=1S/C17H20ClN3O2S/c1-11(22)20-12-6-7-14(18)13(9-12)17(23)19-10-15(21(2)3)16-5-4-8-24-16/h4-9,15H,10H2,1-3H3,(H,19,23)(H,20,22). The van der Waals surface area contributed by atoms with Crippen molar-refractivity contribution in [2.45, 2.75) is 13.0 Å². The number of hydrogen-bond acceptors (Lipinski definition) is 4. The van der Waals surface area contributed by atoms with Gasteiger partial charge in [0.1, 0.15) is 0 Å². The minimum atomic E-state index is -0.268. The Balaban J connectivity index is 2.10. The van der Waals surface area contributed by atoms with Gasteiger partial charge in [0, 0.05) is 24.0 Å². The molecular formula is C17H20ClN3O2S. The van der Waals surface area contributed by atoms with Crippen LogP contribution in [0, 0.1) is 0 Å². The van der Waals surface area contributed by atoms with Gasteiger partial charge in [0.05, 0.1) is 16.6 Å². The van der Waals surface area contributed by atoms with Crippen LogP contribution in [0.4, 0.5) is 5.69 Å². The van der Waals surface area contributed by atoms with Gasteiger partial charge in [-0.05, 0) is 43.7 Å². The SMILES string of the molecule is CC(=O)Nc1ccc(Cl)c(C(=O)NCC(c2cccs2)N(C)C)c1. The Kier molecular flexibility index (Phi) is 6.36. The highest BCUT2D eigenvalue weighted by molar-refractivity contribution is 7.10. The summed E-state index contributed by atoms with van der Waals surface area (Å²) in [4.78, 5) is 26.9. The third kappa shape index (κ3) is 4.80. The number of thiophene rings is 1. The van der Waals surface area contributed by atoms with Crippen molar-refractivity contribution in [2.75, 3.05) is 26.0 Å². The molecule has 2 aromatic rings. The lowest BCUT2D eigenvalue weighted by atomic mass is 10.1. The van der Waals surface area contributed by atoms with Crippen LogP contribution in [0.15, 0.2) is 35.7 Å². The van der Waals surface area contributed by atoms with Crippen molar-refractivity contribution in [1.82, 2.24) is 10.2 Å². The van der Waals surface area contributed by atoms with Gasteiger partial charge in [0.25, 0.3) is 5.91 Å². The summed E-state index contributed by atoms with van der Waals surface area (Å²) < 4.78 is 0. The van der Waals surface area contributed by atoms with Crippen LogP contribution < -0.4 is 10.6 Å². The van der Waals surface area contributed by atoms with Crippen LogP contribution in [0.2, 0.25) is 5.02 Å². The van der Waals surface area contributed by atoms with E-state index in [0.29, 0.717) is 22.8 Å². The first-order chi connectivity index (χ1) is 11.4. The van der Waals surface area contributed by atoms with Gasteiger partial charge in [-0.3, -0.25) is 9.59 Å². The zero-order valence-electron chi connectivity index (χ0n) is 13.8. The molecule has 1 unspecified atom stereocenters. The van der Waals surface area contributed by atoms with Gasteiger partial charge in [-0.2, -0.15) is 0 Å². The maximum Gasteiger partial charge on any atom is 0.252 e. The lowest BCUT2D eigenvalue weighted by Gasteiger charge is -2.23. The van der Waals surface area contributed by atoms with E-state index in [-0.39, 0.29) is 17.9 Å². The smallest absolute Gasteiger partial charge is 0.252 e. The van der Waals surface area contributed by atoms with Crippen molar-refractivity contribution in [1.29, 1.82) is 0 Å². The topological polar surface area (TPSA) is 61.4 Å². The van der Waals surface area contributed by atoms with Crippen molar-refractivity contribution in [2.24, 2.45) is 0 Å². The maximum atomic E-state index is 12.5. The average Bonchev–Trinajstić information content (AvgIpc) is 3.02. The highest BCUT2D eigenvalue weighted by atomic mass is 35.5. The van der Waals surface area contributed by atoms with Crippen molar-refractivity contribution in [3.8, 4) is 0 Å². The van der Waals surface area contributed by atoms with E-state index in [4.69, 9.17) is 11.6 Å². The molecule has 0 aliphatic heterocycles. The molecule has 2 amide bonds. The number of likely N-dealkylation sites (N-methyl/N-ethyl adjacent to an activating group) is 1. The lowest BCUT2D eigenvalue weighted by molar-refractivity contribution is -0.114. The van der Waals surface area contributed by atoms with Gasteiger partial charge >= 0.3 is 0 Å². The van der Waals surface area contributed by atoms with Crippen LogP contribution in [0.5, 0.6) is 0 Å². The molecule has 24 heavy (non-hydrogen) atoms. The minimum absolute atomic E-state index is 0.0891. The number of carbonyl (C=O) groups is 2. The normalized spacial score (nSPS) is 12.0. The first-order valence-electron chi connectivity index (χ1n) is 7.43. The summed E-state index contributed by atoms with van der Waals surface area (Å²) in [5.41, 5.74) is 0.881. The molecule has 0 spiro atoms. The van der Waals surface area contributed by atoms with Crippen LogP contribution in [0.1, 0.15) is 28.2 Å². The van der Waals surface area contributed by atoms with E-state index >= 15 is 0 Å². The molecule has 1 aromatic heterocycles. The number of benzene rings is 1. The van der Waals surface area contributed by atoms with Gasteiger partial charge in [-0.15, -0.1) is 11.3 Å². The monoisotopic (exact) mass is 365 g/mol. The van der Waals surface area contributed by atoms with Gasteiger partial charge in [0.2, 0.25) is 5.91 Å². The molecule has 1 atom stereocenters. The van der Waals surface area contributed by atoms with E-state index < -0.39 is 0 Å². The van der Waals surface area contributed by atoms with Gasteiger partial charge in [-0.25, -0.2) is 0 Å². The summed E-state index contributed by atoms with van der Waals surface area (Å²) in [6.07, 6.45) is 0. The second-order valence-electron chi connectivity index (χ2n) is 5.58. The molecule has 5 nitrogen and oxygen atoms in total. The van der Waals surface area contributed by atoms with E-state index in [1.54, 1.807) is 29.5 Å². The largest absolute Gasteiger partial charge is 0.350 e. The van der Waals surface area contributed by atoms with Crippen LogP contribution in [0.3, 0.4) is 0 Å². The van der Waals surface area contributed by atoms with E-state index in [0.717, 1.165) is 0 Å². The number of anilines is 1. The second kappa shape index (κ2) is 8.28. The molecule has 0 bridgehead atoms. The molecule has 2 rings (SSSR count). The van der Waals surface area contributed by atoms with Crippen molar-refractivity contribution in [3.05, 3.63) is 51.2 Å². The number of nitrogens with zero attached hydrogens (tertiary/aromatic N) is 1. The molecule has 1 heterocycles. The fourth-order valence-corrected chi connectivity index (χ4v) is 3.41. The molecule has 0 saturated heterocycles. The fraction of sp³-hybridized carbons (Fsp3) is 0.294. The summed E-state index contributed by atoms with van der Waals surface area (Å²) in [6, 6.07) is 8.97. The second-order valence-corrected chi connectivity index (χ2v) is 6.97. The lowest BCUT2D eigenvalue weighted by Crippen LogP contribution is -2.34. The third-order valence-electron chi connectivity index (χ3n) is 3.48. The molecule has 0 aliphatic carbocycles. The van der Waals surface area contributed by atoms with E-state index in [9.17, 15) is 9.59 Å². The fourth-order valence-electron chi connectivity index (χ4n) is 2.28. The Morgan fingerprint density at radius 2 is 2.04 bits per heavy atom. The van der Waals surface area contributed by atoms with Crippen LogP contribution in [-0.4, -0.2) is 37.4 Å². The minimum Gasteiger partial charge on any atom is -0.350 e. The van der Waals surface area contributed by atoms with Gasteiger partial charge in [-0.1, -0.05) is 17.7 Å². The maximum absolute atomic E-state index is 12.5. The Morgan fingerprint density at radius 3 is 2.62 bits per heavy atom. The Hall–Kier alpha value is -1.89. The zero-order valence-corrected chi connectivity index (χ0v) is 15.4. The number of carbonyl (C=O) groups excluding carboxylic acids is 2. The van der Waals surface area contributed by atoms with Crippen LogP contribution >= 0.6 is 22.9 Å². The Labute approximate surface area is 150 Å². The first-order valence-corrected chi connectivity index (χ1v) is 8.69. The first kappa shape index (κ1) is 18.4. The molecule has 0 saturated carbocycles. The molecule has 0 radical (unpaired) electrons. The van der Waals surface area contributed by atoms with Crippen molar-refractivity contribution in [3.63, 3.8) is 0 Å². The Bertz CT molecular complexity index is 717. The van der Waals surface area contributed by atoms with Crippen molar-refractivity contribution < 1.29 is 9.59 Å². The van der Waals surface area contributed by atoms with E-state index in [1.165, 1.54) is 11.8 Å². The number of hydrogen-bond donors (Lipinski definition) is 2. The highest BCUT2D eigenvalue weighted by Crippen LogP contribution is 2.24. The van der Waals surface area contributed by atoms with Crippen LogP contribution in [0.25, 0.3) is 0 Å². The molecule has 0 aliphatic rings.